The Morgan fingerprint density at radius 1 is 1.50 bits per heavy atom. The van der Waals surface area contributed by atoms with E-state index in [1.165, 1.54) is 0 Å². The van der Waals surface area contributed by atoms with Crippen molar-refractivity contribution in [3.8, 4) is 0 Å². The quantitative estimate of drug-likeness (QED) is 0.832. The summed E-state index contributed by atoms with van der Waals surface area (Å²) in [6.45, 7) is 5.88. The number of hydrogen-bond donors (Lipinski definition) is 1. The molecule has 1 atom stereocenters. The predicted molar refractivity (Wildman–Crippen MR) is 61.6 cm³/mol. The lowest BCUT2D eigenvalue weighted by atomic mass is 10.2. The van der Waals surface area contributed by atoms with E-state index in [4.69, 9.17) is 5.11 Å². The van der Waals surface area contributed by atoms with Crippen LogP contribution in [0.1, 0.15) is 18.3 Å². The van der Waals surface area contributed by atoms with Crippen molar-refractivity contribution in [2.45, 2.75) is 20.8 Å². The van der Waals surface area contributed by atoms with E-state index in [1.807, 2.05) is 20.9 Å². The van der Waals surface area contributed by atoms with Crippen LogP contribution in [0, 0.1) is 19.8 Å². The molecule has 1 unspecified atom stereocenters. The van der Waals surface area contributed by atoms with Crippen molar-refractivity contribution in [1.82, 2.24) is 9.97 Å². The van der Waals surface area contributed by atoms with Crippen LogP contribution in [0.4, 0.5) is 5.82 Å². The number of hydrogen-bond acceptors (Lipinski definition) is 4. The zero-order valence-corrected chi connectivity index (χ0v) is 10.1. The van der Waals surface area contributed by atoms with Crippen LogP contribution < -0.4 is 4.90 Å². The number of rotatable bonds is 4. The van der Waals surface area contributed by atoms with E-state index in [0.29, 0.717) is 12.4 Å². The summed E-state index contributed by atoms with van der Waals surface area (Å²) in [4.78, 5) is 21.1. The van der Waals surface area contributed by atoms with E-state index in [2.05, 4.69) is 9.97 Å². The standard InChI is InChI=1S/C11H17N3O2/c1-7(11(15)16)6-14(4)10-5-12-8(2)9(3)13-10/h5,7H,6H2,1-4H3,(H,15,16). The highest BCUT2D eigenvalue weighted by molar-refractivity contribution is 5.70. The first-order valence-corrected chi connectivity index (χ1v) is 5.16. The van der Waals surface area contributed by atoms with Crippen LogP contribution in [0.15, 0.2) is 6.20 Å². The van der Waals surface area contributed by atoms with Gasteiger partial charge in [-0.15, -0.1) is 0 Å². The van der Waals surface area contributed by atoms with Gasteiger partial charge in [0, 0.05) is 13.6 Å². The average molecular weight is 223 g/mol. The molecule has 0 amide bonds. The molecule has 88 valence electrons. The maximum atomic E-state index is 10.7. The van der Waals surface area contributed by atoms with Crippen LogP contribution in [0.25, 0.3) is 0 Å². The van der Waals surface area contributed by atoms with Crippen molar-refractivity contribution < 1.29 is 9.90 Å². The van der Waals surface area contributed by atoms with Crippen LogP contribution in [-0.4, -0.2) is 34.6 Å². The Kier molecular flexibility index (Phi) is 3.82. The molecule has 0 aromatic carbocycles. The molecule has 0 fully saturated rings. The number of aryl methyl sites for hydroxylation is 2. The third-order valence-electron chi connectivity index (χ3n) is 2.54. The summed E-state index contributed by atoms with van der Waals surface area (Å²) in [6, 6.07) is 0. The van der Waals surface area contributed by atoms with E-state index in [-0.39, 0.29) is 0 Å². The number of nitrogens with zero attached hydrogens (tertiary/aromatic N) is 3. The molecule has 0 saturated heterocycles. The highest BCUT2D eigenvalue weighted by atomic mass is 16.4. The van der Waals surface area contributed by atoms with Gasteiger partial charge >= 0.3 is 5.97 Å². The number of aliphatic carboxylic acids is 1. The van der Waals surface area contributed by atoms with E-state index >= 15 is 0 Å². The molecule has 1 rings (SSSR count). The molecule has 0 aliphatic heterocycles. The second kappa shape index (κ2) is 4.92. The molecule has 0 saturated carbocycles. The van der Waals surface area contributed by atoms with Gasteiger partial charge in [0.2, 0.25) is 0 Å². The van der Waals surface area contributed by atoms with Crippen molar-refractivity contribution in [2.75, 3.05) is 18.5 Å². The topological polar surface area (TPSA) is 66.3 Å². The summed E-state index contributed by atoms with van der Waals surface area (Å²) in [7, 11) is 1.82. The molecule has 5 nitrogen and oxygen atoms in total. The summed E-state index contributed by atoms with van der Waals surface area (Å²) in [5.74, 6) is -0.520. The van der Waals surface area contributed by atoms with Crippen molar-refractivity contribution in [1.29, 1.82) is 0 Å². The molecule has 0 radical (unpaired) electrons. The highest BCUT2D eigenvalue weighted by Gasteiger charge is 2.15. The third kappa shape index (κ3) is 2.92. The number of aromatic nitrogens is 2. The summed E-state index contributed by atoms with van der Waals surface area (Å²) in [5.41, 5.74) is 1.76. The van der Waals surface area contributed by atoms with Gasteiger partial charge < -0.3 is 10.0 Å². The van der Waals surface area contributed by atoms with Crippen molar-refractivity contribution in [2.24, 2.45) is 5.92 Å². The third-order valence-corrected chi connectivity index (χ3v) is 2.54. The first-order chi connectivity index (χ1) is 7.41. The summed E-state index contributed by atoms with van der Waals surface area (Å²) >= 11 is 0. The van der Waals surface area contributed by atoms with Gasteiger partial charge in [-0.1, -0.05) is 6.92 Å². The lowest BCUT2D eigenvalue weighted by Crippen LogP contribution is -2.29. The normalized spacial score (nSPS) is 12.2. The van der Waals surface area contributed by atoms with Gasteiger partial charge in [-0.3, -0.25) is 9.78 Å². The largest absolute Gasteiger partial charge is 0.481 e. The minimum absolute atomic E-state index is 0.423. The van der Waals surface area contributed by atoms with Crippen LogP contribution in [0.2, 0.25) is 0 Å². The van der Waals surface area contributed by atoms with Crippen molar-refractivity contribution >= 4 is 11.8 Å². The monoisotopic (exact) mass is 223 g/mol. The van der Waals surface area contributed by atoms with E-state index in [9.17, 15) is 4.79 Å². The first-order valence-electron chi connectivity index (χ1n) is 5.16. The van der Waals surface area contributed by atoms with Crippen molar-refractivity contribution in [3.63, 3.8) is 0 Å². The molecule has 16 heavy (non-hydrogen) atoms. The molecular weight excluding hydrogens is 206 g/mol. The van der Waals surface area contributed by atoms with Crippen LogP contribution in [0.5, 0.6) is 0 Å². The van der Waals surface area contributed by atoms with Crippen LogP contribution in [-0.2, 0) is 4.79 Å². The molecular formula is C11H17N3O2. The molecule has 5 heteroatoms. The van der Waals surface area contributed by atoms with E-state index in [0.717, 1.165) is 11.4 Å². The minimum Gasteiger partial charge on any atom is -0.481 e. The van der Waals surface area contributed by atoms with E-state index < -0.39 is 11.9 Å². The maximum Gasteiger partial charge on any atom is 0.308 e. The fourth-order valence-electron chi connectivity index (χ4n) is 1.30. The molecule has 0 spiro atoms. The Labute approximate surface area is 95.1 Å². The van der Waals surface area contributed by atoms with Gasteiger partial charge in [-0.2, -0.15) is 0 Å². The SMILES string of the molecule is Cc1ncc(N(C)CC(C)C(=O)O)nc1C. The van der Waals surface area contributed by atoms with Crippen LogP contribution in [0.3, 0.4) is 0 Å². The van der Waals surface area contributed by atoms with Gasteiger partial charge in [0.25, 0.3) is 0 Å². The fourth-order valence-corrected chi connectivity index (χ4v) is 1.30. The van der Waals surface area contributed by atoms with Gasteiger partial charge in [-0.25, -0.2) is 4.98 Å². The molecule has 0 aliphatic carbocycles. The second-order valence-corrected chi connectivity index (χ2v) is 4.02. The number of carboxylic acid groups (broad SMARTS) is 1. The van der Waals surface area contributed by atoms with E-state index in [1.54, 1.807) is 18.0 Å². The molecule has 1 heterocycles. The second-order valence-electron chi connectivity index (χ2n) is 4.02. The molecule has 0 bridgehead atoms. The first kappa shape index (κ1) is 12.4. The Morgan fingerprint density at radius 2 is 2.12 bits per heavy atom. The fraction of sp³-hybridized carbons (Fsp3) is 0.545. The summed E-state index contributed by atoms with van der Waals surface area (Å²) in [5, 5.41) is 8.81. The Hall–Kier alpha value is -1.65. The Bertz CT molecular complexity index is 393. The number of carbonyl (C=O) groups is 1. The lowest BCUT2D eigenvalue weighted by molar-refractivity contribution is -0.140. The number of carboxylic acids is 1. The van der Waals surface area contributed by atoms with Gasteiger partial charge in [0.1, 0.15) is 5.82 Å². The lowest BCUT2D eigenvalue weighted by Gasteiger charge is -2.20. The molecule has 1 aromatic heterocycles. The predicted octanol–water partition coefficient (Wildman–Crippen LogP) is 1.25. The highest BCUT2D eigenvalue weighted by Crippen LogP contribution is 2.11. The summed E-state index contributed by atoms with van der Waals surface area (Å²) < 4.78 is 0. The summed E-state index contributed by atoms with van der Waals surface area (Å²) in [6.07, 6.45) is 1.66. The van der Waals surface area contributed by atoms with Gasteiger partial charge in [-0.05, 0) is 13.8 Å². The van der Waals surface area contributed by atoms with Crippen molar-refractivity contribution in [3.05, 3.63) is 17.6 Å². The Morgan fingerprint density at radius 3 is 2.62 bits per heavy atom. The smallest absolute Gasteiger partial charge is 0.308 e. The zero-order valence-electron chi connectivity index (χ0n) is 10.1. The average Bonchev–Trinajstić information content (AvgIpc) is 2.21. The number of anilines is 1. The molecule has 1 aromatic rings. The van der Waals surface area contributed by atoms with Crippen LogP contribution >= 0.6 is 0 Å². The Balaban J connectivity index is 2.76. The minimum atomic E-state index is -0.802. The zero-order chi connectivity index (χ0) is 12.3. The molecule has 0 aliphatic rings. The van der Waals surface area contributed by atoms with Gasteiger partial charge in [0.15, 0.2) is 0 Å². The molecule has 1 N–H and O–H groups in total. The maximum absolute atomic E-state index is 10.7. The van der Waals surface area contributed by atoms with Gasteiger partial charge in [0.05, 0.1) is 23.5 Å².